The molecule has 0 saturated carbocycles. The number of alkyl halides is 2. The Bertz CT molecular complexity index is 190. The maximum atomic E-state index is 10.5. The number of rotatable bonds is 4. The predicted octanol–water partition coefficient (Wildman–Crippen LogP) is 0.0329. The Hall–Kier alpha value is -0.810. The second-order valence-corrected chi connectivity index (χ2v) is 2.60. The zero-order valence-corrected chi connectivity index (χ0v) is 7.17. The number of carbonyl (C=O) groups is 3. The van der Waals surface area contributed by atoms with E-state index in [1.165, 1.54) is 0 Å². The molecule has 0 unspecified atom stereocenters. The molecule has 0 saturated heterocycles. The first-order valence-corrected chi connectivity index (χ1v) is 3.53. The van der Waals surface area contributed by atoms with Gasteiger partial charge in [-0.05, 0) is 0 Å². The van der Waals surface area contributed by atoms with Crippen LogP contribution in [0.1, 0.15) is 0 Å². The van der Waals surface area contributed by atoms with Crippen molar-refractivity contribution < 1.29 is 23.9 Å². The molecule has 0 heterocycles. The van der Waals surface area contributed by atoms with Crippen LogP contribution in [0.15, 0.2) is 0 Å². The van der Waals surface area contributed by atoms with Gasteiger partial charge in [0.1, 0.15) is 0 Å². The van der Waals surface area contributed by atoms with Gasteiger partial charge in [0.2, 0.25) is 4.84 Å². The molecule has 0 aromatic rings. The van der Waals surface area contributed by atoms with Crippen LogP contribution in [0.2, 0.25) is 0 Å². The lowest BCUT2D eigenvalue weighted by Crippen LogP contribution is -2.21. The first-order chi connectivity index (χ1) is 5.57. The molecule has 5 nitrogen and oxygen atoms in total. The Kier molecular flexibility index (Phi) is 5.40. The van der Waals surface area contributed by atoms with E-state index < -0.39 is 23.4 Å². The topological polar surface area (TPSA) is 69.7 Å². The van der Waals surface area contributed by atoms with Gasteiger partial charge in [-0.2, -0.15) is 0 Å². The molecule has 0 aliphatic heterocycles. The minimum Gasteiger partial charge on any atom is -0.456 e. The molecular formula is C5H4Cl2O5. The first-order valence-electron chi connectivity index (χ1n) is 2.66. The Morgan fingerprint density at radius 1 is 1.42 bits per heavy atom. The summed E-state index contributed by atoms with van der Waals surface area (Å²) in [5.74, 6) is -2.13. The average Bonchev–Trinajstić information content (AvgIpc) is 2.00. The van der Waals surface area contributed by atoms with Crippen LogP contribution < -0.4 is 0 Å². The molecule has 0 bridgehead atoms. The number of esters is 2. The molecule has 0 atom stereocenters. The van der Waals surface area contributed by atoms with E-state index in [9.17, 15) is 14.4 Å². The lowest BCUT2D eigenvalue weighted by Gasteiger charge is -2.00. The van der Waals surface area contributed by atoms with E-state index in [-0.39, 0.29) is 6.47 Å². The average molecular weight is 215 g/mol. The van der Waals surface area contributed by atoms with E-state index >= 15 is 0 Å². The zero-order valence-electron chi connectivity index (χ0n) is 5.66. The largest absolute Gasteiger partial charge is 0.456 e. The van der Waals surface area contributed by atoms with E-state index in [2.05, 4.69) is 9.47 Å². The van der Waals surface area contributed by atoms with Crippen LogP contribution in [0, 0.1) is 0 Å². The standard InChI is InChI=1S/C5H4Cl2O5/c6-4(7)5(10)12-3(9)1-11-2-8/h2,4H,1H2. The summed E-state index contributed by atoms with van der Waals surface area (Å²) in [4.78, 5) is 29.1. The molecule has 0 N–H and O–H groups in total. The maximum Gasteiger partial charge on any atom is 0.351 e. The molecule has 0 fully saturated rings. The quantitative estimate of drug-likeness (QED) is 0.286. The Morgan fingerprint density at radius 2 is 2.00 bits per heavy atom. The number of hydrogen-bond acceptors (Lipinski definition) is 5. The summed E-state index contributed by atoms with van der Waals surface area (Å²) in [6, 6.07) is 0. The van der Waals surface area contributed by atoms with Gasteiger partial charge in [-0.15, -0.1) is 0 Å². The maximum absolute atomic E-state index is 10.5. The molecule has 0 aliphatic carbocycles. The Labute approximate surface area is 77.5 Å². The fourth-order valence-corrected chi connectivity index (χ4v) is 0.377. The predicted molar refractivity (Wildman–Crippen MR) is 38.6 cm³/mol. The molecule has 0 aromatic carbocycles. The van der Waals surface area contributed by atoms with Crippen molar-refractivity contribution in [2.24, 2.45) is 0 Å². The van der Waals surface area contributed by atoms with Crippen molar-refractivity contribution in [3.05, 3.63) is 0 Å². The van der Waals surface area contributed by atoms with Gasteiger partial charge in [-0.25, -0.2) is 9.59 Å². The first kappa shape index (κ1) is 11.2. The summed E-state index contributed by atoms with van der Waals surface area (Å²) in [6.45, 7) is -0.597. The minimum atomic E-state index is -1.43. The van der Waals surface area contributed by atoms with E-state index in [1.54, 1.807) is 0 Å². The fourth-order valence-electron chi connectivity index (χ4n) is 0.288. The highest BCUT2D eigenvalue weighted by Gasteiger charge is 2.17. The molecule has 0 aliphatic rings. The van der Waals surface area contributed by atoms with Crippen molar-refractivity contribution in [1.29, 1.82) is 0 Å². The van der Waals surface area contributed by atoms with Crippen LogP contribution in [0.25, 0.3) is 0 Å². The van der Waals surface area contributed by atoms with Crippen molar-refractivity contribution in [3.8, 4) is 0 Å². The summed E-state index contributed by atoms with van der Waals surface area (Å²) < 4.78 is 7.97. The number of ether oxygens (including phenoxy) is 2. The van der Waals surface area contributed by atoms with Crippen molar-refractivity contribution in [3.63, 3.8) is 0 Å². The third-order valence-electron chi connectivity index (χ3n) is 0.662. The van der Waals surface area contributed by atoms with Crippen molar-refractivity contribution in [2.75, 3.05) is 6.61 Å². The van der Waals surface area contributed by atoms with Gasteiger partial charge < -0.3 is 9.47 Å². The van der Waals surface area contributed by atoms with Crippen LogP contribution in [0.5, 0.6) is 0 Å². The highest BCUT2D eigenvalue weighted by atomic mass is 35.5. The zero-order chi connectivity index (χ0) is 9.56. The third kappa shape index (κ3) is 4.92. The van der Waals surface area contributed by atoms with Gasteiger partial charge in [0, 0.05) is 0 Å². The number of carbonyl (C=O) groups excluding carboxylic acids is 3. The van der Waals surface area contributed by atoms with Gasteiger partial charge in [0.15, 0.2) is 6.61 Å². The van der Waals surface area contributed by atoms with E-state index in [0.29, 0.717) is 0 Å². The lowest BCUT2D eigenvalue weighted by atomic mass is 10.7. The van der Waals surface area contributed by atoms with Crippen molar-refractivity contribution in [2.45, 2.75) is 4.84 Å². The molecule has 0 spiro atoms. The monoisotopic (exact) mass is 214 g/mol. The molecule has 0 rings (SSSR count). The van der Waals surface area contributed by atoms with Crippen LogP contribution in [-0.2, 0) is 23.9 Å². The smallest absolute Gasteiger partial charge is 0.351 e. The molecule has 0 aromatic heterocycles. The molecule has 7 heteroatoms. The molecule has 0 radical (unpaired) electrons. The SMILES string of the molecule is O=COCC(=O)OC(=O)C(Cl)Cl. The summed E-state index contributed by atoms with van der Waals surface area (Å²) in [6.07, 6.45) is 0. The highest BCUT2D eigenvalue weighted by molar-refractivity contribution is 6.53. The highest BCUT2D eigenvalue weighted by Crippen LogP contribution is 2.03. The molecular weight excluding hydrogens is 211 g/mol. The van der Waals surface area contributed by atoms with Crippen LogP contribution in [0.3, 0.4) is 0 Å². The van der Waals surface area contributed by atoms with E-state index in [0.717, 1.165) is 0 Å². The van der Waals surface area contributed by atoms with Crippen LogP contribution in [-0.4, -0.2) is 29.9 Å². The van der Waals surface area contributed by atoms with Gasteiger partial charge in [-0.1, -0.05) is 23.2 Å². The molecule has 0 amide bonds. The van der Waals surface area contributed by atoms with E-state index in [1.807, 2.05) is 0 Å². The normalized spacial score (nSPS) is 9.25. The Morgan fingerprint density at radius 3 is 2.42 bits per heavy atom. The van der Waals surface area contributed by atoms with Gasteiger partial charge in [-0.3, -0.25) is 4.79 Å². The van der Waals surface area contributed by atoms with Crippen LogP contribution >= 0.6 is 23.2 Å². The van der Waals surface area contributed by atoms with Gasteiger partial charge in [0.05, 0.1) is 0 Å². The lowest BCUT2D eigenvalue weighted by molar-refractivity contribution is -0.163. The van der Waals surface area contributed by atoms with Crippen molar-refractivity contribution >= 4 is 41.6 Å². The molecule has 12 heavy (non-hydrogen) atoms. The van der Waals surface area contributed by atoms with Gasteiger partial charge >= 0.3 is 11.9 Å². The van der Waals surface area contributed by atoms with E-state index in [4.69, 9.17) is 23.2 Å². The van der Waals surface area contributed by atoms with Gasteiger partial charge in [0.25, 0.3) is 6.47 Å². The summed E-state index contributed by atoms with van der Waals surface area (Å²) >= 11 is 10.1. The second kappa shape index (κ2) is 5.79. The Balaban J connectivity index is 3.69. The fraction of sp³-hybridized carbons (Fsp3) is 0.400. The molecule has 68 valence electrons. The number of halogens is 2. The summed E-state index contributed by atoms with van der Waals surface area (Å²) in [5.41, 5.74) is 0. The summed E-state index contributed by atoms with van der Waals surface area (Å²) in [5, 5.41) is 0. The third-order valence-corrected chi connectivity index (χ3v) is 1.02. The number of hydrogen-bond donors (Lipinski definition) is 0. The summed E-state index contributed by atoms with van der Waals surface area (Å²) in [7, 11) is 0. The minimum absolute atomic E-state index is 0.0462. The van der Waals surface area contributed by atoms with Crippen molar-refractivity contribution in [1.82, 2.24) is 0 Å². The van der Waals surface area contributed by atoms with Crippen LogP contribution in [0.4, 0.5) is 0 Å². The second-order valence-electron chi connectivity index (χ2n) is 1.50.